The van der Waals surface area contributed by atoms with E-state index in [1.54, 1.807) is 7.05 Å². The van der Waals surface area contributed by atoms with Crippen molar-refractivity contribution in [2.24, 2.45) is 5.14 Å². The molecule has 0 radical (unpaired) electrons. The fourth-order valence-corrected chi connectivity index (χ4v) is 2.62. The molecule has 1 rings (SSSR count). The number of halogens is 1. The number of rotatable bonds is 5. The minimum atomic E-state index is -3.99. The molecule has 1 aromatic carbocycles. The van der Waals surface area contributed by atoms with Crippen LogP contribution in [0, 0.1) is 12.7 Å². The van der Waals surface area contributed by atoms with Crippen molar-refractivity contribution in [3.05, 3.63) is 29.1 Å². The quantitative estimate of drug-likeness (QED) is 0.898. The van der Waals surface area contributed by atoms with Gasteiger partial charge >= 0.3 is 0 Å². The van der Waals surface area contributed by atoms with Gasteiger partial charge in [-0.15, -0.1) is 0 Å². The summed E-state index contributed by atoms with van der Waals surface area (Å²) in [4.78, 5) is 13.2. The van der Waals surface area contributed by atoms with Gasteiger partial charge in [0.2, 0.25) is 10.0 Å². The topological polar surface area (TPSA) is 80.5 Å². The molecular formula is C13H19FN2O3S. The number of carbonyl (C=O) groups is 1. The van der Waals surface area contributed by atoms with Crippen LogP contribution in [0.15, 0.2) is 17.0 Å². The number of nitrogens with two attached hydrogens (primary N) is 1. The van der Waals surface area contributed by atoms with Gasteiger partial charge in [-0.05, 0) is 31.0 Å². The van der Waals surface area contributed by atoms with Crippen LogP contribution in [0.25, 0.3) is 0 Å². The van der Waals surface area contributed by atoms with Crippen LogP contribution in [-0.4, -0.2) is 32.8 Å². The maximum Gasteiger partial charge on any atom is 0.256 e. The number of amides is 1. The second-order valence-corrected chi connectivity index (χ2v) is 6.25. The number of hydrogen-bond acceptors (Lipinski definition) is 3. The lowest BCUT2D eigenvalue weighted by molar-refractivity contribution is 0.0788. The molecule has 0 spiro atoms. The largest absolute Gasteiger partial charge is 0.342 e. The summed E-state index contributed by atoms with van der Waals surface area (Å²) < 4.78 is 36.7. The molecule has 112 valence electrons. The third kappa shape index (κ3) is 3.77. The Bertz CT molecular complexity index is 614. The molecule has 0 fully saturated rings. The number of aryl methyl sites for hydroxylation is 1. The summed E-state index contributed by atoms with van der Waals surface area (Å²) in [6.07, 6.45) is 1.69. The fourth-order valence-electron chi connectivity index (χ4n) is 1.83. The number of carbonyl (C=O) groups excluding carboxylic acids is 1. The monoisotopic (exact) mass is 302 g/mol. The molecule has 0 aliphatic rings. The van der Waals surface area contributed by atoms with Crippen molar-refractivity contribution in [1.29, 1.82) is 0 Å². The summed E-state index contributed by atoms with van der Waals surface area (Å²) in [7, 11) is -2.44. The number of primary sulfonamides is 1. The summed E-state index contributed by atoms with van der Waals surface area (Å²) in [5.41, 5.74) is -0.101. The summed E-state index contributed by atoms with van der Waals surface area (Å²) in [5, 5.41) is 5.06. The van der Waals surface area contributed by atoms with Crippen LogP contribution in [0.5, 0.6) is 0 Å². The summed E-state index contributed by atoms with van der Waals surface area (Å²) in [6.45, 7) is 3.88. The second kappa shape index (κ2) is 6.32. The molecule has 0 unspecified atom stereocenters. The standard InChI is InChI=1S/C13H19FN2O3S/c1-4-5-6-16(3)13(17)10-8-12(20(15,18)19)9(2)7-11(10)14/h7-8H,4-6H2,1-3H3,(H2,15,18,19). The van der Waals surface area contributed by atoms with E-state index in [1.165, 1.54) is 11.8 Å². The molecule has 2 N–H and O–H groups in total. The van der Waals surface area contributed by atoms with Crippen molar-refractivity contribution in [3.8, 4) is 0 Å². The van der Waals surface area contributed by atoms with Gasteiger partial charge in [-0.2, -0.15) is 0 Å². The first-order valence-electron chi connectivity index (χ1n) is 6.27. The summed E-state index contributed by atoms with van der Waals surface area (Å²) in [6, 6.07) is 2.02. The highest BCUT2D eigenvalue weighted by Gasteiger charge is 2.21. The van der Waals surface area contributed by atoms with Crippen LogP contribution in [0.2, 0.25) is 0 Å². The van der Waals surface area contributed by atoms with Gasteiger partial charge in [-0.3, -0.25) is 4.79 Å². The number of unbranched alkanes of at least 4 members (excludes halogenated alkanes) is 1. The van der Waals surface area contributed by atoms with Gasteiger partial charge in [0.05, 0.1) is 10.5 Å². The molecule has 0 aromatic heterocycles. The molecule has 0 heterocycles. The lowest BCUT2D eigenvalue weighted by atomic mass is 10.1. The zero-order chi connectivity index (χ0) is 15.5. The van der Waals surface area contributed by atoms with E-state index in [-0.39, 0.29) is 16.0 Å². The van der Waals surface area contributed by atoms with Gasteiger partial charge in [0.1, 0.15) is 5.82 Å². The van der Waals surface area contributed by atoms with Gasteiger partial charge in [0.15, 0.2) is 0 Å². The Morgan fingerprint density at radius 3 is 2.50 bits per heavy atom. The Morgan fingerprint density at radius 2 is 2.00 bits per heavy atom. The van der Waals surface area contributed by atoms with Crippen LogP contribution in [0.4, 0.5) is 4.39 Å². The molecular weight excluding hydrogens is 283 g/mol. The smallest absolute Gasteiger partial charge is 0.256 e. The number of benzene rings is 1. The Morgan fingerprint density at radius 1 is 1.40 bits per heavy atom. The van der Waals surface area contributed by atoms with Gasteiger partial charge in [-0.1, -0.05) is 13.3 Å². The molecule has 0 saturated heterocycles. The van der Waals surface area contributed by atoms with Crippen molar-refractivity contribution in [1.82, 2.24) is 4.90 Å². The van der Waals surface area contributed by atoms with Crippen molar-refractivity contribution in [3.63, 3.8) is 0 Å². The molecule has 0 saturated carbocycles. The van der Waals surface area contributed by atoms with Gasteiger partial charge in [-0.25, -0.2) is 17.9 Å². The first-order valence-corrected chi connectivity index (χ1v) is 7.81. The van der Waals surface area contributed by atoms with Crippen molar-refractivity contribution < 1.29 is 17.6 Å². The highest BCUT2D eigenvalue weighted by Crippen LogP contribution is 2.20. The SMILES string of the molecule is CCCCN(C)C(=O)c1cc(S(N)(=O)=O)c(C)cc1F. The van der Waals surface area contributed by atoms with E-state index >= 15 is 0 Å². The predicted molar refractivity (Wildman–Crippen MR) is 74.4 cm³/mol. The third-order valence-corrected chi connectivity index (χ3v) is 4.05. The fraction of sp³-hybridized carbons (Fsp3) is 0.462. The van der Waals surface area contributed by atoms with Crippen LogP contribution >= 0.6 is 0 Å². The summed E-state index contributed by atoms with van der Waals surface area (Å²) >= 11 is 0. The Balaban J connectivity index is 3.22. The average Bonchev–Trinajstić information content (AvgIpc) is 2.33. The third-order valence-electron chi connectivity index (χ3n) is 3.00. The molecule has 0 atom stereocenters. The van der Waals surface area contributed by atoms with E-state index in [4.69, 9.17) is 5.14 Å². The minimum absolute atomic E-state index is 0.178. The van der Waals surface area contributed by atoms with Crippen LogP contribution in [0.3, 0.4) is 0 Å². The second-order valence-electron chi connectivity index (χ2n) is 4.72. The van der Waals surface area contributed by atoms with Gasteiger partial charge in [0.25, 0.3) is 5.91 Å². The van der Waals surface area contributed by atoms with Crippen molar-refractivity contribution in [2.45, 2.75) is 31.6 Å². The van der Waals surface area contributed by atoms with Gasteiger partial charge in [0, 0.05) is 13.6 Å². The number of sulfonamides is 1. The van der Waals surface area contributed by atoms with Crippen molar-refractivity contribution >= 4 is 15.9 Å². The number of nitrogens with zero attached hydrogens (tertiary/aromatic N) is 1. The average molecular weight is 302 g/mol. The molecule has 0 aliphatic heterocycles. The van der Waals surface area contributed by atoms with Crippen LogP contribution < -0.4 is 5.14 Å². The highest BCUT2D eigenvalue weighted by molar-refractivity contribution is 7.89. The maximum atomic E-state index is 13.9. The molecule has 1 amide bonds. The zero-order valence-electron chi connectivity index (χ0n) is 11.8. The van der Waals surface area contributed by atoms with Gasteiger partial charge < -0.3 is 4.90 Å². The normalized spacial score (nSPS) is 11.4. The van der Waals surface area contributed by atoms with E-state index in [0.717, 1.165) is 25.0 Å². The summed E-state index contributed by atoms with van der Waals surface area (Å²) in [5.74, 6) is -1.30. The molecule has 5 nitrogen and oxygen atoms in total. The first kappa shape index (κ1) is 16.6. The van der Waals surface area contributed by atoms with E-state index in [2.05, 4.69) is 0 Å². The molecule has 0 bridgehead atoms. The van der Waals surface area contributed by atoms with E-state index < -0.39 is 21.7 Å². The van der Waals surface area contributed by atoms with E-state index in [9.17, 15) is 17.6 Å². The first-order chi connectivity index (χ1) is 9.18. The number of hydrogen-bond donors (Lipinski definition) is 1. The van der Waals surface area contributed by atoms with Crippen molar-refractivity contribution in [2.75, 3.05) is 13.6 Å². The Hall–Kier alpha value is -1.47. The van der Waals surface area contributed by atoms with E-state index in [1.807, 2.05) is 6.92 Å². The lowest BCUT2D eigenvalue weighted by Crippen LogP contribution is -2.29. The highest BCUT2D eigenvalue weighted by atomic mass is 32.2. The predicted octanol–water partition coefficient (Wildman–Crippen LogP) is 1.65. The molecule has 20 heavy (non-hydrogen) atoms. The molecule has 1 aromatic rings. The molecule has 0 aliphatic carbocycles. The molecule has 7 heteroatoms. The zero-order valence-corrected chi connectivity index (χ0v) is 12.6. The van der Waals surface area contributed by atoms with Crippen LogP contribution in [0.1, 0.15) is 35.7 Å². The lowest BCUT2D eigenvalue weighted by Gasteiger charge is -2.18. The Labute approximate surface area is 118 Å². The maximum absolute atomic E-state index is 13.9. The van der Waals surface area contributed by atoms with Crippen LogP contribution in [-0.2, 0) is 10.0 Å². The Kier molecular flexibility index (Phi) is 5.24. The van der Waals surface area contributed by atoms with E-state index in [0.29, 0.717) is 6.54 Å². The minimum Gasteiger partial charge on any atom is -0.342 e.